The fourth-order valence-electron chi connectivity index (χ4n) is 4.21. The third kappa shape index (κ3) is 3.64. The van der Waals surface area contributed by atoms with E-state index in [-0.39, 0.29) is 35.2 Å². The minimum Gasteiger partial charge on any atom is -0.354 e. The number of hydrogen-bond acceptors (Lipinski definition) is 5. The first kappa shape index (κ1) is 21.3. The Hall–Kier alpha value is -1.94. The van der Waals surface area contributed by atoms with Gasteiger partial charge in [-0.3, -0.25) is 9.59 Å². The quantitative estimate of drug-likeness (QED) is 0.721. The van der Waals surface area contributed by atoms with E-state index in [1.807, 2.05) is 26.0 Å². The highest BCUT2D eigenvalue weighted by Gasteiger charge is 2.56. The molecular formula is C20H22ClN3O4S2. The molecule has 3 heterocycles. The Labute approximate surface area is 184 Å². The van der Waals surface area contributed by atoms with E-state index in [1.54, 1.807) is 12.1 Å². The zero-order chi connectivity index (χ0) is 21.7. The zero-order valence-electron chi connectivity index (χ0n) is 16.5. The molecule has 160 valence electrons. The molecule has 2 N–H and O–H groups in total. The molecule has 10 heteroatoms. The van der Waals surface area contributed by atoms with Crippen LogP contribution in [-0.4, -0.2) is 49.2 Å². The van der Waals surface area contributed by atoms with E-state index >= 15 is 0 Å². The van der Waals surface area contributed by atoms with Crippen molar-refractivity contribution < 1.29 is 18.0 Å². The molecule has 1 fully saturated rings. The highest BCUT2D eigenvalue weighted by Crippen LogP contribution is 2.39. The molecule has 0 bridgehead atoms. The first-order chi connectivity index (χ1) is 14.1. The molecule has 30 heavy (non-hydrogen) atoms. The summed E-state index contributed by atoms with van der Waals surface area (Å²) in [7, 11) is -3.85. The van der Waals surface area contributed by atoms with Crippen molar-refractivity contribution in [3.63, 3.8) is 0 Å². The fourth-order valence-corrected chi connectivity index (χ4v) is 7.37. The lowest BCUT2D eigenvalue weighted by Crippen LogP contribution is -2.62. The summed E-state index contributed by atoms with van der Waals surface area (Å²) in [6, 6.07) is 10.1. The van der Waals surface area contributed by atoms with Gasteiger partial charge < -0.3 is 10.6 Å². The standard InChI is InChI=1S/C20H22ClN3O4S2/c1-12(2)22-19(26)15-10-24(30(27,28)17-8-7-16(21)29-17)11-20(15)9-13-5-3-4-6-14(13)18(25)23-20/h3-8,12,15H,9-11H2,1-2H3,(H,22,26)(H,23,25)/t15-,20-/m0/s1. The van der Waals surface area contributed by atoms with Crippen molar-refractivity contribution in [1.82, 2.24) is 14.9 Å². The van der Waals surface area contributed by atoms with Crippen LogP contribution in [0.1, 0.15) is 29.8 Å². The number of amides is 2. The molecule has 2 aromatic rings. The molecule has 2 aliphatic heterocycles. The van der Waals surface area contributed by atoms with Crippen LogP contribution in [0.5, 0.6) is 0 Å². The largest absolute Gasteiger partial charge is 0.354 e. The van der Waals surface area contributed by atoms with Crippen LogP contribution in [0.4, 0.5) is 0 Å². The predicted molar refractivity (Wildman–Crippen MR) is 115 cm³/mol. The Morgan fingerprint density at radius 2 is 2.03 bits per heavy atom. The summed E-state index contributed by atoms with van der Waals surface area (Å²) in [5, 5.41) is 5.86. The molecule has 2 amide bonds. The smallest absolute Gasteiger partial charge is 0.252 e. The second-order valence-electron chi connectivity index (χ2n) is 8.02. The number of nitrogens with one attached hydrogen (secondary N) is 2. The Morgan fingerprint density at radius 1 is 1.30 bits per heavy atom. The van der Waals surface area contributed by atoms with Crippen LogP contribution in [0.15, 0.2) is 40.6 Å². The maximum absolute atomic E-state index is 13.2. The number of benzene rings is 1. The average molecular weight is 468 g/mol. The van der Waals surface area contributed by atoms with E-state index < -0.39 is 21.5 Å². The van der Waals surface area contributed by atoms with Crippen molar-refractivity contribution in [3.8, 4) is 0 Å². The number of sulfonamides is 1. The normalized spacial score (nSPS) is 24.1. The van der Waals surface area contributed by atoms with Crippen LogP contribution in [0, 0.1) is 5.92 Å². The first-order valence-corrected chi connectivity index (χ1v) is 12.2. The lowest BCUT2D eigenvalue weighted by Gasteiger charge is -2.39. The summed E-state index contributed by atoms with van der Waals surface area (Å²) in [6.45, 7) is 3.69. The van der Waals surface area contributed by atoms with Crippen LogP contribution >= 0.6 is 22.9 Å². The van der Waals surface area contributed by atoms with Crippen LogP contribution in [-0.2, 0) is 21.2 Å². The Morgan fingerprint density at radius 3 is 2.70 bits per heavy atom. The Bertz CT molecular complexity index is 1110. The number of hydrogen-bond donors (Lipinski definition) is 2. The number of halogens is 1. The van der Waals surface area contributed by atoms with Gasteiger partial charge in [0.25, 0.3) is 15.9 Å². The minimum atomic E-state index is -3.85. The minimum absolute atomic E-state index is 0.0150. The van der Waals surface area contributed by atoms with E-state index in [9.17, 15) is 18.0 Å². The van der Waals surface area contributed by atoms with Gasteiger partial charge in [-0.05, 0) is 44.0 Å². The van der Waals surface area contributed by atoms with Crippen LogP contribution in [0.2, 0.25) is 4.34 Å². The molecule has 1 aromatic heterocycles. The Kier molecular flexibility index (Phi) is 5.42. The van der Waals surface area contributed by atoms with Gasteiger partial charge in [0.15, 0.2) is 0 Å². The topological polar surface area (TPSA) is 95.6 Å². The van der Waals surface area contributed by atoms with Gasteiger partial charge in [-0.15, -0.1) is 11.3 Å². The molecule has 2 aliphatic rings. The van der Waals surface area contributed by atoms with E-state index in [4.69, 9.17) is 11.6 Å². The average Bonchev–Trinajstić information content (AvgIpc) is 3.26. The molecule has 1 aromatic carbocycles. The van der Waals surface area contributed by atoms with Crippen molar-refractivity contribution in [3.05, 3.63) is 51.9 Å². The van der Waals surface area contributed by atoms with Crippen LogP contribution < -0.4 is 10.6 Å². The zero-order valence-corrected chi connectivity index (χ0v) is 18.9. The van der Waals surface area contributed by atoms with Crippen LogP contribution in [0.3, 0.4) is 0 Å². The molecule has 1 spiro atoms. The molecule has 0 saturated carbocycles. The van der Waals surface area contributed by atoms with Gasteiger partial charge in [0.2, 0.25) is 5.91 Å². The molecule has 1 saturated heterocycles. The maximum atomic E-state index is 13.2. The van der Waals surface area contributed by atoms with Gasteiger partial charge in [-0.2, -0.15) is 4.31 Å². The monoisotopic (exact) mass is 467 g/mol. The van der Waals surface area contributed by atoms with Crippen molar-refractivity contribution in [2.24, 2.45) is 5.92 Å². The maximum Gasteiger partial charge on any atom is 0.252 e. The number of thiophene rings is 1. The SMILES string of the molecule is CC(C)NC(=O)[C@@H]1CN(S(=O)(=O)c2ccc(Cl)s2)C[C@@]12Cc1ccccc1C(=O)N2. The van der Waals surface area contributed by atoms with E-state index in [0.29, 0.717) is 16.3 Å². The predicted octanol–water partition coefficient (Wildman–Crippen LogP) is 2.27. The van der Waals surface area contributed by atoms with Crippen molar-refractivity contribution in [1.29, 1.82) is 0 Å². The number of fused-ring (bicyclic) bond motifs is 1. The summed E-state index contributed by atoms with van der Waals surface area (Å²) in [4.78, 5) is 25.9. The molecular weight excluding hydrogens is 446 g/mol. The summed E-state index contributed by atoms with van der Waals surface area (Å²) < 4.78 is 28.2. The molecule has 2 atom stereocenters. The van der Waals surface area contributed by atoms with Crippen molar-refractivity contribution in [2.45, 2.75) is 36.1 Å². The first-order valence-electron chi connectivity index (χ1n) is 9.59. The number of nitrogens with zero attached hydrogens (tertiary/aromatic N) is 1. The summed E-state index contributed by atoms with van der Waals surface area (Å²) in [5.41, 5.74) is 0.345. The van der Waals surface area contributed by atoms with E-state index in [2.05, 4.69) is 10.6 Å². The number of carbonyl (C=O) groups excluding carboxylic acids is 2. The highest BCUT2D eigenvalue weighted by molar-refractivity contribution is 7.91. The lowest BCUT2D eigenvalue weighted by atomic mass is 9.77. The highest BCUT2D eigenvalue weighted by atomic mass is 35.5. The number of carbonyl (C=O) groups is 2. The van der Waals surface area contributed by atoms with Gasteiger partial charge in [0.05, 0.1) is 15.8 Å². The van der Waals surface area contributed by atoms with Gasteiger partial charge in [-0.1, -0.05) is 29.8 Å². The third-order valence-corrected chi connectivity index (χ3v) is 9.04. The van der Waals surface area contributed by atoms with Gasteiger partial charge in [0.1, 0.15) is 4.21 Å². The second kappa shape index (κ2) is 7.64. The molecule has 7 nitrogen and oxygen atoms in total. The van der Waals surface area contributed by atoms with Gasteiger partial charge >= 0.3 is 0 Å². The molecule has 0 aliphatic carbocycles. The second-order valence-corrected chi connectivity index (χ2v) is 11.9. The fraction of sp³-hybridized carbons (Fsp3) is 0.400. The van der Waals surface area contributed by atoms with Gasteiger partial charge in [0, 0.05) is 24.7 Å². The molecule has 4 rings (SSSR count). The Balaban J connectivity index is 1.74. The van der Waals surface area contributed by atoms with E-state index in [1.165, 1.54) is 16.4 Å². The lowest BCUT2D eigenvalue weighted by molar-refractivity contribution is -0.126. The summed E-state index contributed by atoms with van der Waals surface area (Å²) >= 11 is 6.92. The molecule has 0 radical (unpaired) electrons. The third-order valence-electron chi connectivity index (χ3n) is 5.53. The summed E-state index contributed by atoms with van der Waals surface area (Å²) in [5.74, 6) is -1.29. The van der Waals surface area contributed by atoms with Crippen LogP contribution in [0.25, 0.3) is 0 Å². The van der Waals surface area contributed by atoms with Crippen molar-refractivity contribution >= 4 is 44.8 Å². The number of rotatable bonds is 4. The van der Waals surface area contributed by atoms with Gasteiger partial charge in [-0.25, -0.2) is 8.42 Å². The van der Waals surface area contributed by atoms with Crippen molar-refractivity contribution in [2.75, 3.05) is 13.1 Å². The van der Waals surface area contributed by atoms with E-state index in [0.717, 1.165) is 16.9 Å². The molecule has 0 unspecified atom stereocenters. The summed E-state index contributed by atoms with van der Waals surface area (Å²) in [6.07, 6.45) is 0.377.